The van der Waals surface area contributed by atoms with Crippen LogP contribution >= 0.6 is 0 Å². The quantitative estimate of drug-likeness (QED) is 0.831. The molecule has 0 unspecified atom stereocenters. The average Bonchev–Trinajstić information content (AvgIpc) is 3.35. The molecule has 26 heavy (non-hydrogen) atoms. The van der Waals surface area contributed by atoms with E-state index in [1.807, 2.05) is 14.5 Å². The van der Waals surface area contributed by atoms with Gasteiger partial charge in [0.05, 0.1) is 17.5 Å². The van der Waals surface area contributed by atoms with Crippen LogP contribution in [0.5, 0.6) is 0 Å². The SMILES string of the molecule is O=C(CCC1CCCC1)N1CCN(C(=O)c2cnn3c2CCCC3)CC1. The molecule has 0 spiro atoms. The summed E-state index contributed by atoms with van der Waals surface area (Å²) in [5.74, 6) is 1.12. The van der Waals surface area contributed by atoms with E-state index in [-0.39, 0.29) is 11.8 Å². The fraction of sp³-hybridized carbons (Fsp3) is 0.750. The van der Waals surface area contributed by atoms with Crippen LogP contribution in [0.25, 0.3) is 0 Å². The van der Waals surface area contributed by atoms with Crippen molar-refractivity contribution < 1.29 is 9.59 Å². The number of aromatic nitrogens is 2. The molecule has 3 aliphatic rings. The molecule has 142 valence electrons. The van der Waals surface area contributed by atoms with Crippen LogP contribution in [0, 0.1) is 5.92 Å². The zero-order valence-corrected chi connectivity index (χ0v) is 15.7. The van der Waals surface area contributed by atoms with E-state index >= 15 is 0 Å². The lowest BCUT2D eigenvalue weighted by Crippen LogP contribution is -2.50. The lowest BCUT2D eigenvalue weighted by atomic mass is 10.0. The van der Waals surface area contributed by atoms with E-state index in [9.17, 15) is 9.59 Å². The number of aryl methyl sites for hydroxylation is 1. The van der Waals surface area contributed by atoms with Crippen LogP contribution in [0.15, 0.2) is 6.20 Å². The van der Waals surface area contributed by atoms with Crippen molar-refractivity contribution in [3.63, 3.8) is 0 Å². The van der Waals surface area contributed by atoms with Gasteiger partial charge in [0.1, 0.15) is 0 Å². The summed E-state index contributed by atoms with van der Waals surface area (Å²) in [6.07, 6.45) is 11.9. The third kappa shape index (κ3) is 3.64. The molecule has 4 rings (SSSR count). The molecule has 1 aromatic heterocycles. The monoisotopic (exact) mass is 358 g/mol. The van der Waals surface area contributed by atoms with Gasteiger partial charge in [0.2, 0.25) is 5.91 Å². The van der Waals surface area contributed by atoms with Gasteiger partial charge in [-0.1, -0.05) is 25.7 Å². The fourth-order valence-corrected chi connectivity index (χ4v) is 4.71. The molecule has 2 aliphatic heterocycles. The molecule has 1 saturated carbocycles. The van der Waals surface area contributed by atoms with Crippen molar-refractivity contribution in [3.05, 3.63) is 17.5 Å². The molecule has 1 saturated heterocycles. The Morgan fingerprint density at radius 1 is 0.962 bits per heavy atom. The normalized spacial score (nSPS) is 21.1. The number of nitrogens with zero attached hydrogens (tertiary/aromatic N) is 4. The van der Waals surface area contributed by atoms with Gasteiger partial charge in [-0.3, -0.25) is 14.3 Å². The minimum absolute atomic E-state index is 0.0891. The van der Waals surface area contributed by atoms with E-state index in [0.717, 1.165) is 49.4 Å². The van der Waals surface area contributed by atoms with Crippen molar-refractivity contribution in [2.45, 2.75) is 64.3 Å². The summed E-state index contributed by atoms with van der Waals surface area (Å²) < 4.78 is 1.99. The van der Waals surface area contributed by atoms with Crippen molar-refractivity contribution >= 4 is 11.8 Å². The maximum Gasteiger partial charge on any atom is 0.257 e. The predicted molar refractivity (Wildman–Crippen MR) is 98.8 cm³/mol. The molecule has 0 N–H and O–H groups in total. The molecule has 0 radical (unpaired) electrons. The smallest absolute Gasteiger partial charge is 0.257 e. The Kier molecular flexibility index (Phi) is 5.27. The Hall–Kier alpha value is -1.85. The van der Waals surface area contributed by atoms with Crippen molar-refractivity contribution in [2.75, 3.05) is 26.2 Å². The van der Waals surface area contributed by atoms with Crippen LogP contribution < -0.4 is 0 Å². The van der Waals surface area contributed by atoms with E-state index in [0.29, 0.717) is 32.6 Å². The molecule has 1 aliphatic carbocycles. The summed E-state index contributed by atoms with van der Waals surface area (Å²) in [5, 5.41) is 4.38. The molecule has 6 nitrogen and oxygen atoms in total. The lowest BCUT2D eigenvalue weighted by molar-refractivity contribution is -0.133. The second-order valence-electron chi connectivity index (χ2n) is 8.05. The van der Waals surface area contributed by atoms with E-state index < -0.39 is 0 Å². The molecule has 0 bridgehead atoms. The standard InChI is InChI=1S/C20H30N4O2/c25-19(9-8-16-5-1-2-6-16)22-11-13-23(14-12-22)20(26)17-15-21-24-10-4-3-7-18(17)24/h15-16H,1-14H2. The summed E-state index contributed by atoms with van der Waals surface area (Å²) >= 11 is 0. The minimum atomic E-state index is 0.0891. The first-order chi connectivity index (χ1) is 12.7. The molecular weight excluding hydrogens is 328 g/mol. The molecule has 6 heteroatoms. The molecular formula is C20H30N4O2. The Balaban J connectivity index is 1.28. The number of amides is 2. The van der Waals surface area contributed by atoms with Gasteiger partial charge >= 0.3 is 0 Å². The highest BCUT2D eigenvalue weighted by molar-refractivity contribution is 5.95. The van der Waals surface area contributed by atoms with Crippen molar-refractivity contribution in [1.29, 1.82) is 0 Å². The van der Waals surface area contributed by atoms with Gasteiger partial charge in [0.25, 0.3) is 5.91 Å². The second kappa shape index (κ2) is 7.80. The van der Waals surface area contributed by atoms with E-state index in [4.69, 9.17) is 0 Å². The fourth-order valence-electron chi connectivity index (χ4n) is 4.71. The summed E-state index contributed by atoms with van der Waals surface area (Å²) in [6, 6.07) is 0. The molecule has 0 atom stereocenters. The molecule has 2 fully saturated rings. The Labute approximate surface area is 155 Å². The minimum Gasteiger partial charge on any atom is -0.339 e. The van der Waals surface area contributed by atoms with Crippen LogP contribution in [-0.2, 0) is 17.8 Å². The number of piperazine rings is 1. The second-order valence-corrected chi connectivity index (χ2v) is 8.05. The first-order valence-corrected chi connectivity index (χ1v) is 10.3. The first-order valence-electron chi connectivity index (χ1n) is 10.3. The average molecular weight is 358 g/mol. The van der Waals surface area contributed by atoms with Crippen LogP contribution in [-0.4, -0.2) is 57.6 Å². The molecule has 0 aromatic carbocycles. The Morgan fingerprint density at radius 2 is 1.69 bits per heavy atom. The number of rotatable bonds is 4. The van der Waals surface area contributed by atoms with Gasteiger partial charge in [-0.25, -0.2) is 0 Å². The zero-order chi connectivity index (χ0) is 17.9. The summed E-state index contributed by atoms with van der Waals surface area (Å²) in [5.41, 5.74) is 1.86. The number of fused-ring (bicyclic) bond motifs is 1. The number of carbonyl (C=O) groups is 2. The Morgan fingerprint density at radius 3 is 2.46 bits per heavy atom. The highest BCUT2D eigenvalue weighted by Gasteiger charge is 2.28. The van der Waals surface area contributed by atoms with Gasteiger partial charge in [-0.15, -0.1) is 0 Å². The molecule has 2 amide bonds. The van der Waals surface area contributed by atoms with Crippen molar-refractivity contribution in [2.24, 2.45) is 5.92 Å². The first kappa shape index (κ1) is 17.6. The van der Waals surface area contributed by atoms with Crippen LogP contribution in [0.2, 0.25) is 0 Å². The molecule has 3 heterocycles. The Bertz CT molecular complexity index is 655. The maximum absolute atomic E-state index is 12.9. The van der Waals surface area contributed by atoms with Gasteiger partial charge < -0.3 is 9.80 Å². The summed E-state index contributed by atoms with van der Waals surface area (Å²) in [4.78, 5) is 29.2. The predicted octanol–water partition coefficient (Wildman–Crippen LogP) is 2.47. The van der Waals surface area contributed by atoms with Crippen LogP contribution in [0.3, 0.4) is 0 Å². The van der Waals surface area contributed by atoms with E-state index in [2.05, 4.69) is 5.10 Å². The van der Waals surface area contributed by atoms with Crippen LogP contribution in [0.1, 0.15) is 67.4 Å². The van der Waals surface area contributed by atoms with E-state index in [1.54, 1.807) is 6.20 Å². The highest BCUT2D eigenvalue weighted by atomic mass is 16.2. The van der Waals surface area contributed by atoms with Gasteiger partial charge in [0, 0.05) is 39.1 Å². The number of carbonyl (C=O) groups excluding carboxylic acids is 2. The zero-order valence-electron chi connectivity index (χ0n) is 15.7. The molecule has 1 aromatic rings. The van der Waals surface area contributed by atoms with Gasteiger partial charge in [0.15, 0.2) is 0 Å². The third-order valence-corrected chi connectivity index (χ3v) is 6.37. The van der Waals surface area contributed by atoms with Crippen molar-refractivity contribution in [1.82, 2.24) is 19.6 Å². The van der Waals surface area contributed by atoms with Gasteiger partial charge in [-0.2, -0.15) is 5.10 Å². The number of hydrogen-bond donors (Lipinski definition) is 0. The van der Waals surface area contributed by atoms with Crippen LogP contribution in [0.4, 0.5) is 0 Å². The maximum atomic E-state index is 12.9. The lowest BCUT2D eigenvalue weighted by Gasteiger charge is -2.35. The van der Waals surface area contributed by atoms with Gasteiger partial charge in [-0.05, 0) is 31.6 Å². The van der Waals surface area contributed by atoms with Crippen molar-refractivity contribution in [3.8, 4) is 0 Å². The number of hydrogen-bond acceptors (Lipinski definition) is 3. The summed E-state index contributed by atoms with van der Waals surface area (Å²) in [7, 11) is 0. The summed E-state index contributed by atoms with van der Waals surface area (Å²) in [6.45, 7) is 3.53. The highest BCUT2D eigenvalue weighted by Crippen LogP contribution is 2.28. The third-order valence-electron chi connectivity index (χ3n) is 6.37. The topological polar surface area (TPSA) is 58.4 Å². The van der Waals surface area contributed by atoms with E-state index in [1.165, 1.54) is 25.7 Å². The largest absolute Gasteiger partial charge is 0.339 e.